The van der Waals surface area contributed by atoms with E-state index in [1.165, 1.54) is 22.3 Å². The van der Waals surface area contributed by atoms with Gasteiger partial charge in [-0.15, -0.1) is 59.9 Å². The van der Waals surface area contributed by atoms with E-state index < -0.39 is 0 Å². The van der Waals surface area contributed by atoms with Crippen molar-refractivity contribution in [2.45, 2.75) is 138 Å². The van der Waals surface area contributed by atoms with Gasteiger partial charge in [0.25, 0.3) is 0 Å². The molecule has 0 atom stereocenters. The van der Waals surface area contributed by atoms with Crippen LogP contribution in [0.1, 0.15) is 142 Å². The van der Waals surface area contributed by atoms with Gasteiger partial charge in [-0.25, -0.2) is 0 Å². The third-order valence-electron chi connectivity index (χ3n) is 12.1. The molecule has 1 aromatic heterocycles. The van der Waals surface area contributed by atoms with Crippen LogP contribution in [0.15, 0.2) is 97.1 Å². The number of hydrogen-bond donors (Lipinski definition) is 0. The first-order chi connectivity index (χ1) is 27.8. The van der Waals surface area contributed by atoms with Crippen LogP contribution < -0.4 is 14.5 Å². The first kappa shape index (κ1) is 45.9. The fourth-order valence-electron chi connectivity index (χ4n) is 8.30. The average Bonchev–Trinajstić information content (AvgIpc) is 3.70. The Labute approximate surface area is 381 Å². The molecule has 0 bridgehead atoms. The summed E-state index contributed by atoms with van der Waals surface area (Å²) in [4.78, 5) is 4.58. The van der Waals surface area contributed by atoms with Crippen LogP contribution in [-0.2, 0) is 48.1 Å². The maximum absolute atomic E-state index is 6.93. The molecule has 0 saturated heterocycles. The summed E-state index contributed by atoms with van der Waals surface area (Å²) >= 11 is 0. The minimum atomic E-state index is -0.238. The summed E-state index contributed by atoms with van der Waals surface area (Å²) < 4.78 is 8.97. The van der Waals surface area contributed by atoms with Gasteiger partial charge in [0.05, 0.1) is 5.69 Å². The van der Waals surface area contributed by atoms with Crippen LogP contribution in [0.5, 0.6) is 11.5 Å². The van der Waals surface area contributed by atoms with Gasteiger partial charge < -0.3 is 14.5 Å². The minimum absolute atomic E-state index is 0. The molecule has 1 aliphatic rings. The Kier molecular flexibility index (Phi) is 12.2. The summed E-state index contributed by atoms with van der Waals surface area (Å²) in [7, 11) is 0. The molecule has 324 valence electrons. The topological polar surface area (TPSA) is 33.5 Å². The Morgan fingerprint density at radius 1 is 0.508 bits per heavy atom. The fraction of sp³-hybridized carbons (Fsp3) is 0.382. The molecule has 0 fully saturated rings. The summed E-state index contributed by atoms with van der Waals surface area (Å²) in [6, 6.07) is 42.5. The van der Waals surface area contributed by atoms with E-state index in [-0.39, 0.29) is 48.1 Å². The molecule has 5 nitrogen and oxygen atoms in total. The van der Waals surface area contributed by atoms with Crippen molar-refractivity contribution in [1.29, 1.82) is 0 Å². The molecule has 7 rings (SSSR count). The Morgan fingerprint density at radius 3 is 1.46 bits per heavy atom. The molecule has 61 heavy (non-hydrogen) atoms. The molecule has 1 aliphatic heterocycles. The number of anilines is 4. The van der Waals surface area contributed by atoms with Gasteiger partial charge in [-0.1, -0.05) is 145 Å². The molecular formula is C55H65N4OPt-3. The van der Waals surface area contributed by atoms with Crippen molar-refractivity contribution >= 4 is 22.7 Å². The summed E-state index contributed by atoms with van der Waals surface area (Å²) in [6.45, 7) is 38.3. The van der Waals surface area contributed by atoms with Gasteiger partial charge in [0.2, 0.25) is 0 Å². The van der Waals surface area contributed by atoms with Crippen molar-refractivity contribution in [3.8, 4) is 17.2 Å². The summed E-state index contributed by atoms with van der Waals surface area (Å²) in [5, 5.41) is 5.15. The van der Waals surface area contributed by atoms with Crippen molar-refractivity contribution in [3.63, 3.8) is 0 Å². The molecule has 6 heteroatoms. The number of fused-ring (bicyclic) bond motifs is 1. The molecule has 0 radical (unpaired) electrons. The molecule has 5 aromatic carbocycles. The number of hydrogen-bond acceptors (Lipinski definition) is 4. The molecule has 0 amide bonds. The Morgan fingerprint density at radius 2 is 0.951 bits per heavy atom. The van der Waals surface area contributed by atoms with E-state index in [1.807, 2.05) is 4.68 Å². The largest absolute Gasteiger partial charge is 0.509 e. The van der Waals surface area contributed by atoms with Crippen LogP contribution >= 0.6 is 0 Å². The number of rotatable bonds is 7. The number of aromatic nitrogens is 2. The van der Waals surface area contributed by atoms with E-state index >= 15 is 0 Å². The van der Waals surface area contributed by atoms with Crippen LogP contribution in [0, 0.1) is 32.6 Å². The fourth-order valence-corrected chi connectivity index (χ4v) is 8.30. The third kappa shape index (κ3) is 9.29. The summed E-state index contributed by atoms with van der Waals surface area (Å²) in [6.07, 6.45) is 0. The number of benzene rings is 5. The smallest absolute Gasteiger partial charge is 0.0640 e. The van der Waals surface area contributed by atoms with Gasteiger partial charge in [0.15, 0.2) is 0 Å². The van der Waals surface area contributed by atoms with E-state index in [1.54, 1.807) is 0 Å². The van der Waals surface area contributed by atoms with Gasteiger partial charge in [0.1, 0.15) is 0 Å². The van der Waals surface area contributed by atoms with Crippen molar-refractivity contribution in [2.24, 2.45) is 0 Å². The zero-order chi connectivity index (χ0) is 43.7. The zero-order valence-corrected chi connectivity index (χ0v) is 41.6. The van der Waals surface area contributed by atoms with Crippen LogP contribution in [0.25, 0.3) is 5.69 Å². The van der Waals surface area contributed by atoms with E-state index in [2.05, 4.69) is 236 Å². The second kappa shape index (κ2) is 16.3. The molecular weight excluding hydrogens is 928 g/mol. The van der Waals surface area contributed by atoms with Crippen LogP contribution in [0.3, 0.4) is 0 Å². The van der Waals surface area contributed by atoms with E-state index in [9.17, 15) is 0 Å². The van der Waals surface area contributed by atoms with Crippen LogP contribution in [0.2, 0.25) is 0 Å². The number of aryl methyl sites for hydroxylation is 1. The van der Waals surface area contributed by atoms with Crippen LogP contribution in [0.4, 0.5) is 22.7 Å². The van der Waals surface area contributed by atoms with Crippen molar-refractivity contribution in [3.05, 3.63) is 161 Å². The average molecular weight is 993 g/mol. The summed E-state index contributed by atoms with van der Waals surface area (Å²) in [5.74, 6) is 1.27. The normalized spacial score (nSPS) is 13.6. The van der Waals surface area contributed by atoms with E-state index in [0.717, 1.165) is 51.0 Å². The Hall–Kier alpha value is -4.60. The number of nitrogens with zero attached hydrogens (tertiary/aromatic N) is 4. The molecule has 2 heterocycles. The number of para-hydroxylation sites is 2. The maximum Gasteiger partial charge on any atom is 0.0640 e. The second-order valence-electron chi connectivity index (χ2n) is 21.4. The van der Waals surface area contributed by atoms with E-state index in [4.69, 9.17) is 9.84 Å². The molecule has 0 N–H and O–H groups in total. The molecule has 0 spiro atoms. The Balaban J connectivity index is 0.00000622. The first-order valence-electron chi connectivity index (χ1n) is 21.5. The number of ether oxygens (including phenoxy) is 1. The Bertz CT molecular complexity index is 2500. The van der Waals surface area contributed by atoms with Gasteiger partial charge in [-0.05, 0) is 82.2 Å². The first-order valence-corrected chi connectivity index (χ1v) is 21.5. The molecule has 6 aromatic rings. The predicted octanol–water partition coefficient (Wildman–Crippen LogP) is 14.8. The van der Waals surface area contributed by atoms with E-state index in [0.29, 0.717) is 11.5 Å². The third-order valence-corrected chi connectivity index (χ3v) is 12.1. The predicted molar refractivity (Wildman–Crippen MR) is 252 cm³/mol. The zero-order valence-electron chi connectivity index (χ0n) is 39.3. The molecule has 0 saturated carbocycles. The maximum atomic E-state index is 6.93. The quantitative estimate of drug-likeness (QED) is 0.149. The second-order valence-corrected chi connectivity index (χ2v) is 21.4. The molecule has 0 aliphatic carbocycles. The van der Waals surface area contributed by atoms with Crippen molar-refractivity contribution in [1.82, 2.24) is 9.78 Å². The SMILES string of the molecule is Cc1nn(-c2[c-]c(Oc3[c-]c(N4[CH-]N(c5cc(C(C)(C)C)cc(C(C)(C)C)c5)c5ccccc54)cc(C(C)(C)C)c3)cc(C(C)(C)C)c2)c(C)c1C(C)(C)c1ccccc1.[Pt]. The van der Waals surface area contributed by atoms with Gasteiger partial charge >= 0.3 is 0 Å². The van der Waals surface area contributed by atoms with Gasteiger partial charge in [0, 0.05) is 66.3 Å². The van der Waals surface area contributed by atoms with Crippen LogP contribution in [-0.4, -0.2) is 9.78 Å². The minimum Gasteiger partial charge on any atom is -0.509 e. The van der Waals surface area contributed by atoms with Gasteiger partial charge in [-0.3, -0.25) is 4.68 Å². The standard InChI is InChI=1S/C55H65N4O.Pt/c1-36-50(55(15,16)38-22-18-17-19-23-38)37(2)59(56-36)45-30-42(54(12,13)14)32-47(34-45)60-46-31-41(53(9,10)11)29-44(33-46)58-35-57(48-24-20-21-25-49(48)58)43-27-39(51(3,4)5)26-40(28-43)52(6,7)8;/h17-32,35H,1-16H3;/q-3;. The monoisotopic (exact) mass is 992 g/mol. The van der Waals surface area contributed by atoms with Crippen molar-refractivity contribution in [2.75, 3.05) is 9.80 Å². The molecule has 0 unspecified atom stereocenters. The van der Waals surface area contributed by atoms with Crippen molar-refractivity contribution < 1.29 is 25.8 Å². The van der Waals surface area contributed by atoms with Gasteiger partial charge in [-0.2, -0.15) is 5.10 Å². The summed E-state index contributed by atoms with van der Waals surface area (Å²) in [5.41, 5.74) is 14.1.